The van der Waals surface area contributed by atoms with Crippen molar-refractivity contribution in [2.75, 3.05) is 18.1 Å². The van der Waals surface area contributed by atoms with Crippen LogP contribution in [0, 0.1) is 0 Å². The number of nitrogens with two attached hydrogens (primary N) is 1. The van der Waals surface area contributed by atoms with Crippen molar-refractivity contribution in [3.8, 4) is 0 Å². The Morgan fingerprint density at radius 1 is 1.33 bits per heavy atom. The molecule has 116 valence electrons. The van der Waals surface area contributed by atoms with Crippen LogP contribution >= 0.6 is 11.6 Å². The molecule has 0 heterocycles. The zero-order valence-corrected chi connectivity index (χ0v) is 12.8. The van der Waals surface area contributed by atoms with E-state index in [4.69, 9.17) is 22.5 Å². The molecule has 0 radical (unpaired) electrons. The first-order chi connectivity index (χ1) is 10.2. The van der Waals surface area contributed by atoms with E-state index < -0.39 is 0 Å². The van der Waals surface area contributed by atoms with E-state index in [-0.39, 0.29) is 12.4 Å². The van der Waals surface area contributed by atoms with Crippen LogP contribution in [0.15, 0.2) is 23.4 Å². The summed E-state index contributed by atoms with van der Waals surface area (Å²) >= 11 is 6.12. The van der Waals surface area contributed by atoms with Crippen molar-refractivity contribution < 1.29 is 10.3 Å². The number of hydrogen-bond acceptors (Lipinski definition) is 4. The van der Waals surface area contributed by atoms with Crippen LogP contribution in [0.25, 0.3) is 0 Å². The second kappa shape index (κ2) is 7.52. The first-order valence-corrected chi connectivity index (χ1v) is 7.70. The average Bonchev–Trinajstić information content (AvgIpc) is 2.52. The summed E-state index contributed by atoms with van der Waals surface area (Å²) in [7, 11) is 0. The van der Waals surface area contributed by atoms with E-state index in [9.17, 15) is 5.11 Å². The third-order valence-electron chi connectivity index (χ3n) is 4.01. The molecule has 6 heteroatoms. The second-order valence-corrected chi connectivity index (χ2v) is 5.79. The van der Waals surface area contributed by atoms with Crippen LogP contribution in [0.2, 0.25) is 5.02 Å². The van der Waals surface area contributed by atoms with Crippen molar-refractivity contribution >= 4 is 23.1 Å². The molecule has 4 N–H and O–H groups in total. The number of rotatable bonds is 5. The highest BCUT2D eigenvalue weighted by Gasteiger charge is 2.24. The van der Waals surface area contributed by atoms with Gasteiger partial charge in [-0.25, -0.2) is 0 Å². The van der Waals surface area contributed by atoms with Crippen LogP contribution in [-0.2, 0) is 0 Å². The lowest BCUT2D eigenvalue weighted by molar-refractivity contribution is 0.290. The lowest BCUT2D eigenvalue weighted by Crippen LogP contribution is -2.40. The molecule has 0 amide bonds. The first kappa shape index (κ1) is 15.9. The average molecular weight is 312 g/mol. The normalized spacial score (nSPS) is 17.0. The van der Waals surface area contributed by atoms with Gasteiger partial charge in [0.2, 0.25) is 0 Å². The summed E-state index contributed by atoms with van der Waals surface area (Å²) in [5, 5.41) is 22.1. The van der Waals surface area contributed by atoms with Crippen LogP contribution in [0.3, 0.4) is 0 Å². The molecule has 0 saturated heterocycles. The highest BCUT2D eigenvalue weighted by atomic mass is 35.5. The van der Waals surface area contributed by atoms with Gasteiger partial charge in [-0.1, -0.05) is 36.0 Å². The first-order valence-electron chi connectivity index (χ1n) is 7.32. The van der Waals surface area contributed by atoms with E-state index in [1.54, 1.807) is 12.1 Å². The molecule has 1 aromatic carbocycles. The third-order valence-corrected chi connectivity index (χ3v) is 4.24. The lowest BCUT2D eigenvalue weighted by atomic mass is 9.93. The molecule has 0 bridgehead atoms. The molecule has 0 aromatic heterocycles. The van der Waals surface area contributed by atoms with Gasteiger partial charge in [0.25, 0.3) is 0 Å². The molecule has 1 aliphatic carbocycles. The Hall–Kier alpha value is -1.46. The van der Waals surface area contributed by atoms with Crippen LogP contribution in [-0.4, -0.2) is 35.3 Å². The van der Waals surface area contributed by atoms with Gasteiger partial charge in [-0.05, 0) is 31.0 Å². The van der Waals surface area contributed by atoms with Crippen molar-refractivity contribution in [1.29, 1.82) is 0 Å². The van der Waals surface area contributed by atoms with Gasteiger partial charge in [-0.15, -0.1) is 0 Å². The maximum atomic E-state index is 9.40. The molecule has 5 nitrogen and oxygen atoms in total. The lowest BCUT2D eigenvalue weighted by Gasteiger charge is -2.37. The molecule has 0 unspecified atom stereocenters. The number of anilines is 1. The van der Waals surface area contributed by atoms with E-state index in [0.717, 1.165) is 18.5 Å². The standard InChI is InChI=1S/C15H22ClN3O2/c16-11-6-7-13(15(17)18-21)14(10-11)19(8-9-20)12-4-2-1-3-5-12/h6-7,10,12,20-21H,1-5,8-9H2,(H2,17,18). The van der Waals surface area contributed by atoms with Gasteiger partial charge >= 0.3 is 0 Å². The zero-order valence-electron chi connectivity index (χ0n) is 12.0. The van der Waals surface area contributed by atoms with Crippen molar-refractivity contribution in [3.05, 3.63) is 28.8 Å². The molecule has 1 aliphatic rings. The predicted molar refractivity (Wildman–Crippen MR) is 85.3 cm³/mol. The monoisotopic (exact) mass is 311 g/mol. The molecular weight excluding hydrogens is 290 g/mol. The maximum Gasteiger partial charge on any atom is 0.172 e. The Morgan fingerprint density at radius 3 is 2.67 bits per heavy atom. The van der Waals surface area contributed by atoms with Crippen molar-refractivity contribution in [2.45, 2.75) is 38.1 Å². The molecule has 0 aliphatic heterocycles. The molecule has 0 spiro atoms. The Balaban J connectivity index is 2.40. The molecule has 2 rings (SSSR count). The predicted octanol–water partition coefficient (Wildman–Crippen LogP) is 2.57. The fourth-order valence-electron chi connectivity index (χ4n) is 3.01. The number of halogens is 1. The Kier molecular flexibility index (Phi) is 5.70. The maximum absolute atomic E-state index is 9.40. The summed E-state index contributed by atoms with van der Waals surface area (Å²) in [5.41, 5.74) is 7.23. The molecule has 1 saturated carbocycles. The summed E-state index contributed by atoms with van der Waals surface area (Å²) in [6.45, 7) is 0.565. The van der Waals surface area contributed by atoms with E-state index in [1.807, 2.05) is 6.07 Å². The quantitative estimate of drug-likeness (QED) is 0.338. The van der Waals surface area contributed by atoms with Crippen molar-refractivity contribution in [2.24, 2.45) is 10.9 Å². The van der Waals surface area contributed by atoms with E-state index in [2.05, 4.69) is 10.1 Å². The van der Waals surface area contributed by atoms with Crippen LogP contribution in [0.5, 0.6) is 0 Å². The van der Waals surface area contributed by atoms with Crippen LogP contribution < -0.4 is 10.6 Å². The highest BCUT2D eigenvalue weighted by molar-refractivity contribution is 6.31. The Morgan fingerprint density at radius 2 is 2.05 bits per heavy atom. The number of amidine groups is 1. The number of nitrogens with zero attached hydrogens (tertiary/aromatic N) is 2. The Bertz CT molecular complexity index is 502. The highest BCUT2D eigenvalue weighted by Crippen LogP contribution is 2.31. The van der Waals surface area contributed by atoms with Crippen LogP contribution in [0.4, 0.5) is 5.69 Å². The molecule has 1 aromatic rings. The number of aliphatic hydroxyl groups excluding tert-OH is 1. The number of oxime groups is 1. The minimum atomic E-state index is 0.0542. The van der Waals surface area contributed by atoms with Crippen molar-refractivity contribution in [1.82, 2.24) is 0 Å². The van der Waals surface area contributed by atoms with Gasteiger partial charge in [0.15, 0.2) is 5.84 Å². The number of benzene rings is 1. The van der Waals surface area contributed by atoms with E-state index in [0.29, 0.717) is 23.2 Å². The zero-order chi connectivity index (χ0) is 15.2. The molecule has 1 fully saturated rings. The molecule has 0 atom stereocenters. The van der Waals surface area contributed by atoms with Gasteiger partial charge in [0, 0.05) is 28.9 Å². The largest absolute Gasteiger partial charge is 0.409 e. The fourth-order valence-corrected chi connectivity index (χ4v) is 3.18. The summed E-state index contributed by atoms with van der Waals surface area (Å²) in [6.07, 6.45) is 5.80. The van der Waals surface area contributed by atoms with Gasteiger partial charge in [0.1, 0.15) is 0 Å². The molecule has 21 heavy (non-hydrogen) atoms. The summed E-state index contributed by atoms with van der Waals surface area (Å²) in [4.78, 5) is 2.14. The fraction of sp³-hybridized carbons (Fsp3) is 0.533. The van der Waals surface area contributed by atoms with E-state index >= 15 is 0 Å². The van der Waals surface area contributed by atoms with Crippen molar-refractivity contribution in [3.63, 3.8) is 0 Å². The summed E-state index contributed by atoms with van der Waals surface area (Å²) in [6, 6.07) is 5.64. The van der Waals surface area contributed by atoms with Gasteiger partial charge in [-0.2, -0.15) is 0 Å². The smallest absolute Gasteiger partial charge is 0.172 e. The minimum Gasteiger partial charge on any atom is -0.409 e. The topological polar surface area (TPSA) is 82.1 Å². The third kappa shape index (κ3) is 3.80. The SMILES string of the molecule is NC(=NO)c1ccc(Cl)cc1N(CCO)C1CCCCC1. The summed E-state index contributed by atoms with van der Waals surface area (Å²) < 4.78 is 0. The van der Waals surface area contributed by atoms with Gasteiger partial charge in [0.05, 0.1) is 6.61 Å². The second-order valence-electron chi connectivity index (χ2n) is 5.36. The Labute approximate surface area is 130 Å². The van der Waals surface area contributed by atoms with Crippen LogP contribution in [0.1, 0.15) is 37.7 Å². The van der Waals surface area contributed by atoms with E-state index in [1.165, 1.54) is 19.3 Å². The number of aliphatic hydroxyl groups is 1. The van der Waals surface area contributed by atoms with Gasteiger partial charge < -0.3 is 20.9 Å². The summed E-state index contributed by atoms with van der Waals surface area (Å²) in [5.74, 6) is 0.0559. The van der Waals surface area contributed by atoms with Gasteiger partial charge in [-0.3, -0.25) is 0 Å². The number of hydrogen-bond donors (Lipinski definition) is 3. The minimum absolute atomic E-state index is 0.0542. The molecular formula is C15H22ClN3O2.